The largest absolute Gasteiger partial charge is 0.373 e. The topological polar surface area (TPSA) is 50.4 Å². The normalized spacial score (nSPS) is 37.1. The lowest BCUT2D eigenvalue weighted by Gasteiger charge is -2.25. The van der Waals surface area contributed by atoms with Crippen LogP contribution in [0.15, 0.2) is 0 Å². The van der Waals surface area contributed by atoms with Crippen molar-refractivity contribution in [2.45, 2.75) is 82.2 Å². The molecule has 4 heteroatoms. The van der Waals surface area contributed by atoms with Crippen molar-refractivity contribution in [3.8, 4) is 0 Å². The van der Waals surface area contributed by atoms with E-state index in [-0.39, 0.29) is 11.9 Å². The highest BCUT2D eigenvalue weighted by molar-refractivity contribution is 5.81. The van der Waals surface area contributed by atoms with Gasteiger partial charge in [0.2, 0.25) is 5.91 Å². The number of carbonyl (C=O) groups excluding carboxylic acids is 1. The van der Waals surface area contributed by atoms with Crippen LogP contribution in [-0.4, -0.2) is 36.2 Å². The Morgan fingerprint density at radius 2 is 2.00 bits per heavy atom. The van der Waals surface area contributed by atoms with Crippen LogP contribution >= 0.6 is 0 Å². The predicted octanol–water partition coefficient (Wildman–Crippen LogP) is 1.34. The Balaban J connectivity index is 1.45. The monoisotopic (exact) mass is 252 g/mol. The summed E-state index contributed by atoms with van der Waals surface area (Å²) < 4.78 is 5.80. The highest BCUT2D eigenvalue weighted by atomic mass is 16.5. The van der Waals surface area contributed by atoms with Gasteiger partial charge in [0.05, 0.1) is 18.2 Å². The van der Waals surface area contributed by atoms with E-state index in [4.69, 9.17) is 4.74 Å². The molecule has 18 heavy (non-hydrogen) atoms. The number of carbonyl (C=O) groups is 1. The minimum absolute atomic E-state index is 0.0986. The Kier molecular flexibility index (Phi) is 3.57. The Morgan fingerprint density at radius 3 is 2.61 bits per heavy atom. The fraction of sp³-hybridized carbons (Fsp3) is 0.929. The number of ether oxygens (including phenoxy) is 1. The van der Waals surface area contributed by atoms with Gasteiger partial charge in [-0.15, -0.1) is 0 Å². The third-order valence-corrected chi connectivity index (χ3v) is 4.66. The summed E-state index contributed by atoms with van der Waals surface area (Å²) in [7, 11) is 0. The molecule has 2 saturated heterocycles. The van der Waals surface area contributed by atoms with Crippen LogP contribution in [0, 0.1) is 0 Å². The summed E-state index contributed by atoms with van der Waals surface area (Å²) in [6.45, 7) is 1.97. The lowest BCUT2D eigenvalue weighted by molar-refractivity contribution is -0.123. The molecule has 3 rings (SSSR count). The standard InChI is InChI=1S/C14H24N2O2/c1-9(14(17)16-10-4-2-3-5-10)15-12-8-11-6-7-13(12)18-11/h9-13,15H,2-8H2,1H3,(H,16,17). The zero-order valence-corrected chi connectivity index (χ0v) is 11.2. The van der Waals surface area contributed by atoms with Gasteiger partial charge in [-0.05, 0) is 39.0 Å². The summed E-state index contributed by atoms with van der Waals surface area (Å²) in [6, 6.07) is 0.699. The first-order valence-corrected chi connectivity index (χ1v) is 7.44. The van der Waals surface area contributed by atoms with Gasteiger partial charge in [-0.3, -0.25) is 4.79 Å². The number of hydrogen-bond donors (Lipinski definition) is 2. The molecule has 1 amide bonds. The van der Waals surface area contributed by atoms with Crippen molar-refractivity contribution in [1.29, 1.82) is 0 Å². The van der Waals surface area contributed by atoms with Gasteiger partial charge >= 0.3 is 0 Å². The lowest BCUT2D eigenvalue weighted by Crippen LogP contribution is -2.51. The van der Waals surface area contributed by atoms with E-state index in [9.17, 15) is 4.79 Å². The van der Waals surface area contributed by atoms with Crippen molar-refractivity contribution in [1.82, 2.24) is 10.6 Å². The van der Waals surface area contributed by atoms with Crippen molar-refractivity contribution in [2.75, 3.05) is 0 Å². The van der Waals surface area contributed by atoms with Gasteiger partial charge in [-0.1, -0.05) is 12.8 Å². The smallest absolute Gasteiger partial charge is 0.237 e. The molecule has 3 aliphatic rings. The Morgan fingerprint density at radius 1 is 1.22 bits per heavy atom. The maximum Gasteiger partial charge on any atom is 0.237 e. The van der Waals surface area contributed by atoms with E-state index in [1.807, 2.05) is 6.92 Å². The van der Waals surface area contributed by atoms with Gasteiger partial charge < -0.3 is 15.4 Å². The quantitative estimate of drug-likeness (QED) is 0.794. The van der Waals surface area contributed by atoms with Crippen LogP contribution in [0.25, 0.3) is 0 Å². The van der Waals surface area contributed by atoms with Crippen LogP contribution in [0.5, 0.6) is 0 Å². The molecule has 0 aromatic carbocycles. The second-order valence-corrected chi connectivity index (χ2v) is 6.09. The third kappa shape index (κ3) is 2.54. The maximum atomic E-state index is 12.1. The Hall–Kier alpha value is -0.610. The molecule has 0 spiro atoms. The summed E-state index contributed by atoms with van der Waals surface area (Å²) >= 11 is 0. The first kappa shape index (κ1) is 12.4. The third-order valence-electron chi connectivity index (χ3n) is 4.66. The zero-order valence-electron chi connectivity index (χ0n) is 11.2. The number of hydrogen-bond acceptors (Lipinski definition) is 3. The van der Waals surface area contributed by atoms with Gasteiger partial charge in [0.25, 0.3) is 0 Å². The van der Waals surface area contributed by atoms with E-state index < -0.39 is 0 Å². The molecule has 2 N–H and O–H groups in total. The fourth-order valence-corrected chi connectivity index (χ4v) is 3.61. The molecule has 102 valence electrons. The molecule has 2 heterocycles. The van der Waals surface area contributed by atoms with Gasteiger partial charge in [-0.25, -0.2) is 0 Å². The summed E-state index contributed by atoms with van der Waals surface area (Å²) in [4.78, 5) is 12.1. The first-order valence-electron chi connectivity index (χ1n) is 7.44. The predicted molar refractivity (Wildman–Crippen MR) is 69.3 cm³/mol. The molecule has 0 aromatic rings. The van der Waals surface area contributed by atoms with Crippen LogP contribution in [0.3, 0.4) is 0 Å². The van der Waals surface area contributed by atoms with Crippen LogP contribution in [-0.2, 0) is 9.53 Å². The maximum absolute atomic E-state index is 12.1. The van der Waals surface area contributed by atoms with E-state index in [1.54, 1.807) is 0 Å². The fourth-order valence-electron chi connectivity index (χ4n) is 3.61. The first-order chi connectivity index (χ1) is 8.72. The molecule has 1 saturated carbocycles. The van der Waals surface area contributed by atoms with Gasteiger partial charge in [0.15, 0.2) is 0 Å². The Bertz CT molecular complexity index is 315. The molecular weight excluding hydrogens is 228 g/mol. The van der Waals surface area contributed by atoms with E-state index in [0.717, 1.165) is 25.7 Å². The average molecular weight is 252 g/mol. The molecule has 1 aliphatic carbocycles. The van der Waals surface area contributed by atoms with Gasteiger partial charge in [0, 0.05) is 12.1 Å². The van der Waals surface area contributed by atoms with Crippen LogP contribution in [0.2, 0.25) is 0 Å². The summed E-state index contributed by atoms with van der Waals surface area (Å²) in [5, 5.41) is 6.60. The number of fused-ring (bicyclic) bond motifs is 2. The zero-order chi connectivity index (χ0) is 12.5. The summed E-state index contributed by atoms with van der Waals surface area (Å²) in [5.74, 6) is 0.157. The molecule has 2 aliphatic heterocycles. The van der Waals surface area contributed by atoms with Crippen molar-refractivity contribution >= 4 is 5.91 Å². The van der Waals surface area contributed by atoms with Crippen molar-refractivity contribution in [3.63, 3.8) is 0 Å². The summed E-state index contributed by atoms with van der Waals surface area (Å²) in [6.07, 6.45) is 9.02. The number of amides is 1. The average Bonchev–Trinajstić information content (AvgIpc) is 3.04. The van der Waals surface area contributed by atoms with E-state index in [1.165, 1.54) is 19.3 Å². The van der Waals surface area contributed by atoms with Crippen LogP contribution in [0.1, 0.15) is 51.9 Å². The van der Waals surface area contributed by atoms with E-state index in [0.29, 0.717) is 24.3 Å². The van der Waals surface area contributed by atoms with E-state index >= 15 is 0 Å². The van der Waals surface area contributed by atoms with Crippen LogP contribution in [0.4, 0.5) is 0 Å². The van der Waals surface area contributed by atoms with Gasteiger partial charge in [0.1, 0.15) is 0 Å². The SMILES string of the molecule is CC(NC1CC2CCC1O2)C(=O)NC1CCCC1. The molecule has 3 fully saturated rings. The number of nitrogens with one attached hydrogen (secondary N) is 2. The number of rotatable bonds is 4. The van der Waals surface area contributed by atoms with Crippen molar-refractivity contribution in [2.24, 2.45) is 0 Å². The minimum Gasteiger partial charge on any atom is -0.373 e. The molecule has 4 atom stereocenters. The highest BCUT2D eigenvalue weighted by Crippen LogP contribution is 2.34. The van der Waals surface area contributed by atoms with Crippen molar-refractivity contribution < 1.29 is 9.53 Å². The lowest BCUT2D eigenvalue weighted by atomic mass is 9.95. The molecular formula is C14H24N2O2. The second-order valence-electron chi connectivity index (χ2n) is 6.09. The van der Waals surface area contributed by atoms with E-state index in [2.05, 4.69) is 10.6 Å². The summed E-state index contributed by atoms with van der Waals surface area (Å²) in [5.41, 5.74) is 0. The van der Waals surface area contributed by atoms with Crippen LogP contribution < -0.4 is 10.6 Å². The van der Waals surface area contributed by atoms with Gasteiger partial charge in [-0.2, -0.15) is 0 Å². The molecule has 4 nitrogen and oxygen atoms in total. The van der Waals surface area contributed by atoms with Crippen molar-refractivity contribution in [3.05, 3.63) is 0 Å². The second kappa shape index (κ2) is 5.17. The molecule has 0 radical (unpaired) electrons. The Labute approximate surface area is 109 Å². The molecule has 2 bridgehead atoms. The molecule has 4 unspecified atom stereocenters. The highest BCUT2D eigenvalue weighted by Gasteiger charge is 2.41. The minimum atomic E-state index is -0.0986. The molecule has 0 aromatic heterocycles.